The molecule has 0 aliphatic rings. The molecule has 0 saturated carbocycles. The van der Waals surface area contributed by atoms with Crippen LogP contribution in [0.2, 0.25) is 5.02 Å². The summed E-state index contributed by atoms with van der Waals surface area (Å²) in [6, 6.07) is 2.21. The fourth-order valence-electron chi connectivity index (χ4n) is 0.810. The lowest BCUT2D eigenvalue weighted by Crippen LogP contribution is -2.00. The number of carboxylic acid groups (broad SMARTS) is 1. The van der Waals surface area contributed by atoms with Crippen LogP contribution in [0.3, 0.4) is 0 Å². The summed E-state index contributed by atoms with van der Waals surface area (Å²) in [5, 5.41) is 8.74. The van der Waals surface area contributed by atoms with E-state index in [0.29, 0.717) is 5.56 Å². The number of benzene rings is 1. The van der Waals surface area contributed by atoms with E-state index >= 15 is 0 Å². The third-order valence-electron chi connectivity index (χ3n) is 1.48. The minimum atomic E-state index is -1.31. The lowest BCUT2D eigenvalue weighted by atomic mass is 10.1. The summed E-state index contributed by atoms with van der Waals surface area (Å²) in [5.74, 6) is -2.07. The molecule has 0 atom stereocenters. The number of carbonyl (C=O) groups is 1. The number of aromatic carboxylic acids is 1. The second kappa shape index (κ2) is 3.11. The summed E-state index contributed by atoms with van der Waals surface area (Å²) < 4.78 is 12.8. The minimum absolute atomic E-state index is 0.258. The third-order valence-corrected chi connectivity index (χ3v) is 1.89. The highest BCUT2D eigenvalue weighted by Gasteiger charge is 2.11. The fourth-order valence-corrected chi connectivity index (χ4v) is 0.974. The van der Waals surface area contributed by atoms with Crippen molar-refractivity contribution < 1.29 is 14.3 Å². The van der Waals surface area contributed by atoms with Crippen LogP contribution >= 0.6 is 11.6 Å². The maximum Gasteiger partial charge on any atom is 0.338 e. The van der Waals surface area contributed by atoms with Crippen LogP contribution in [-0.4, -0.2) is 11.1 Å². The lowest BCUT2D eigenvalue weighted by Gasteiger charge is -2.00. The molecule has 0 aliphatic carbocycles. The van der Waals surface area contributed by atoms with Crippen molar-refractivity contribution in [2.75, 3.05) is 0 Å². The average Bonchev–Trinajstić information content (AvgIpc) is 1.96. The van der Waals surface area contributed by atoms with Gasteiger partial charge in [0.25, 0.3) is 0 Å². The maximum atomic E-state index is 12.8. The highest BCUT2D eigenvalue weighted by atomic mass is 35.5. The molecule has 0 bridgehead atoms. The fraction of sp³-hybridized carbons (Fsp3) is 0.125. The topological polar surface area (TPSA) is 37.3 Å². The predicted octanol–water partition coefficient (Wildman–Crippen LogP) is 2.49. The Kier molecular flexibility index (Phi) is 2.33. The Bertz CT molecular complexity index is 336. The molecule has 0 fully saturated rings. The Hall–Kier alpha value is -1.09. The molecule has 0 aromatic heterocycles. The zero-order valence-corrected chi connectivity index (χ0v) is 7.02. The number of carboxylic acids is 1. The van der Waals surface area contributed by atoms with Crippen molar-refractivity contribution in [2.45, 2.75) is 6.92 Å². The molecule has 4 heteroatoms. The largest absolute Gasteiger partial charge is 0.478 e. The van der Waals surface area contributed by atoms with Crippen molar-refractivity contribution in [3.63, 3.8) is 0 Å². The molecule has 0 saturated heterocycles. The van der Waals surface area contributed by atoms with Crippen molar-refractivity contribution in [1.29, 1.82) is 0 Å². The van der Waals surface area contributed by atoms with Crippen molar-refractivity contribution >= 4 is 17.6 Å². The molecular weight excluding hydrogens is 183 g/mol. The molecule has 0 aliphatic heterocycles. The Morgan fingerprint density at radius 1 is 1.58 bits per heavy atom. The third kappa shape index (κ3) is 1.56. The molecular formula is C8H6ClFO2. The monoisotopic (exact) mass is 188 g/mol. The minimum Gasteiger partial charge on any atom is -0.478 e. The van der Waals surface area contributed by atoms with Gasteiger partial charge in [-0.15, -0.1) is 0 Å². The van der Waals surface area contributed by atoms with Gasteiger partial charge in [0.1, 0.15) is 5.82 Å². The van der Waals surface area contributed by atoms with Gasteiger partial charge in [0.05, 0.1) is 5.56 Å². The van der Waals surface area contributed by atoms with Crippen molar-refractivity contribution in [1.82, 2.24) is 0 Å². The Balaban J connectivity index is 3.33. The summed E-state index contributed by atoms with van der Waals surface area (Å²) in [4.78, 5) is 10.4. The summed E-state index contributed by atoms with van der Waals surface area (Å²) in [6.45, 7) is 1.61. The van der Waals surface area contributed by atoms with E-state index in [4.69, 9.17) is 16.7 Å². The molecule has 0 unspecified atom stereocenters. The summed E-state index contributed by atoms with van der Waals surface area (Å²) in [5.41, 5.74) is 0.129. The van der Waals surface area contributed by atoms with Crippen LogP contribution in [0.4, 0.5) is 4.39 Å². The predicted molar refractivity (Wildman–Crippen MR) is 43.1 cm³/mol. The van der Waals surface area contributed by atoms with Crippen LogP contribution in [0.5, 0.6) is 0 Å². The first kappa shape index (κ1) is 9.00. The lowest BCUT2D eigenvalue weighted by molar-refractivity contribution is 0.0692. The normalized spacial score (nSPS) is 9.92. The molecule has 0 heterocycles. The van der Waals surface area contributed by atoms with E-state index in [9.17, 15) is 9.18 Å². The molecule has 1 rings (SSSR count). The SMILES string of the molecule is Cc1cc(F)c(C(=O)O)cc1Cl. The maximum absolute atomic E-state index is 12.8. The number of hydrogen-bond donors (Lipinski definition) is 1. The van der Waals surface area contributed by atoms with Gasteiger partial charge in [-0.3, -0.25) is 0 Å². The molecule has 1 N–H and O–H groups in total. The first-order chi connectivity index (χ1) is 5.52. The van der Waals surface area contributed by atoms with Crippen LogP contribution in [0.1, 0.15) is 15.9 Å². The molecule has 64 valence electrons. The van der Waals surface area contributed by atoms with Gasteiger partial charge in [-0.05, 0) is 24.6 Å². The quantitative estimate of drug-likeness (QED) is 0.735. The highest BCUT2D eigenvalue weighted by Crippen LogP contribution is 2.19. The van der Waals surface area contributed by atoms with Crippen molar-refractivity contribution in [2.24, 2.45) is 0 Å². The first-order valence-electron chi connectivity index (χ1n) is 3.21. The van der Waals surface area contributed by atoms with Gasteiger partial charge in [0.2, 0.25) is 0 Å². The molecule has 0 radical (unpaired) electrons. The van der Waals surface area contributed by atoms with E-state index in [1.54, 1.807) is 6.92 Å². The van der Waals surface area contributed by atoms with E-state index in [2.05, 4.69) is 0 Å². The summed E-state index contributed by atoms with van der Waals surface area (Å²) in [6.07, 6.45) is 0. The van der Waals surface area contributed by atoms with E-state index < -0.39 is 17.3 Å². The van der Waals surface area contributed by atoms with Crippen LogP contribution in [0.15, 0.2) is 12.1 Å². The number of rotatable bonds is 1. The van der Waals surface area contributed by atoms with Crippen LogP contribution in [0.25, 0.3) is 0 Å². The Morgan fingerprint density at radius 2 is 2.17 bits per heavy atom. The second-order valence-electron chi connectivity index (χ2n) is 2.39. The van der Waals surface area contributed by atoms with Gasteiger partial charge in [-0.25, -0.2) is 9.18 Å². The van der Waals surface area contributed by atoms with Gasteiger partial charge in [0, 0.05) is 5.02 Å². The zero-order chi connectivity index (χ0) is 9.30. The summed E-state index contributed by atoms with van der Waals surface area (Å²) >= 11 is 5.60. The smallest absolute Gasteiger partial charge is 0.338 e. The average molecular weight is 189 g/mol. The zero-order valence-electron chi connectivity index (χ0n) is 6.27. The second-order valence-corrected chi connectivity index (χ2v) is 2.79. The van der Waals surface area contributed by atoms with Crippen LogP contribution in [-0.2, 0) is 0 Å². The Morgan fingerprint density at radius 3 is 2.67 bits per heavy atom. The van der Waals surface area contributed by atoms with Crippen LogP contribution in [0, 0.1) is 12.7 Å². The van der Waals surface area contributed by atoms with Gasteiger partial charge in [-0.2, -0.15) is 0 Å². The Labute approximate surface area is 73.6 Å². The number of halogens is 2. The van der Waals surface area contributed by atoms with Crippen LogP contribution < -0.4 is 0 Å². The van der Waals surface area contributed by atoms with Gasteiger partial charge >= 0.3 is 5.97 Å². The van der Waals surface area contributed by atoms with Gasteiger partial charge in [0.15, 0.2) is 0 Å². The molecule has 2 nitrogen and oxygen atoms in total. The summed E-state index contributed by atoms with van der Waals surface area (Å²) in [7, 11) is 0. The molecule has 0 spiro atoms. The van der Waals surface area contributed by atoms with Gasteiger partial charge < -0.3 is 5.11 Å². The van der Waals surface area contributed by atoms with Crippen molar-refractivity contribution in [3.05, 3.63) is 34.1 Å². The molecule has 1 aromatic carbocycles. The molecule has 0 amide bonds. The van der Waals surface area contributed by atoms with Gasteiger partial charge in [-0.1, -0.05) is 11.6 Å². The first-order valence-corrected chi connectivity index (χ1v) is 3.59. The standard InChI is InChI=1S/C8H6ClFO2/c1-4-2-7(10)5(8(11)12)3-6(4)9/h2-3H,1H3,(H,11,12). The molecule has 12 heavy (non-hydrogen) atoms. The van der Waals surface area contributed by atoms with E-state index in [1.165, 1.54) is 0 Å². The number of hydrogen-bond acceptors (Lipinski definition) is 1. The molecule has 1 aromatic rings. The number of aryl methyl sites for hydroxylation is 1. The van der Waals surface area contributed by atoms with E-state index in [-0.39, 0.29) is 5.02 Å². The van der Waals surface area contributed by atoms with E-state index in [1.807, 2.05) is 0 Å². The van der Waals surface area contributed by atoms with E-state index in [0.717, 1.165) is 12.1 Å². The van der Waals surface area contributed by atoms with Crippen molar-refractivity contribution in [3.8, 4) is 0 Å². The highest BCUT2D eigenvalue weighted by molar-refractivity contribution is 6.31.